The smallest absolute Gasteiger partial charge is 0.0200 e. The van der Waals surface area contributed by atoms with Crippen LogP contribution in [0, 0.1) is 44.4 Å². The van der Waals surface area contributed by atoms with Crippen molar-refractivity contribution in [1.82, 2.24) is 0 Å². The number of hydrogen-bond donors (Lipinski definition) is 0. The van der Waals surface area contributed by atoms with Crippen LogP contribution in [0.2, 0.25) is 0 Å². The van der Waals surface area contributed by atoms with Gasteiger partial charge in [-0.2, -0.15) is 0 Å². The predicted molar refractivity (Wildman–Crippen MR) is 105 cm³/mol. The maximum Gasteiger partial charge on any atom is 0.0200 e. The monoisotopic (exact) mass is 332 g/mol. The fraction of sp³-hybridized carbons (Fsp3) is 0.391. The number of aryl methyl sites for hydroxylation is 3. The average Bonchev–Trinajstić information content (AvgIpc) is 3.15. The molecule has 1 saturated carbocycles. The van der Waals surface area contributed by atoms with Gasteiger partial charge in [0.05, 0.1) is 0 Å². The molecule has 2 bridgehead atoms. The highest BCUT2D eigenvalue weighted by Crippen LogP contribution is 2.61. The van der Waals surface area contributed by atoms with Crippen LogP contribution in [0.1, 0.15) is 28.7 Å². The molecule has 5 unspecified atom stereocenters. The van der Waals surface area contributed by atoms with Crippen molar-refractivity contribution >= 4 is 16.7 Å². The summed E-state index contributed by atoms with van der Waals surface area (Å²) in [6.45, 7) is 6.78. The molecule has 0 saturated heterocycles. The van der Waals surface area contributed by atoms with E-state index in [1.165, 1.54) is 28.7 Å². The van der Waals surface area contributed by atoms with E-state index in [0.717, 1.165) is 23.0 Å². The third-order valence-electron chi connectivity index (χ3n) is 6.34. The van der Waals surface area contributed by atoms with E-state index in [9.17, 15) is 0 Å². The molecule has 1 heterocycles. The molecule has 122 valence electrons. The van der Waals surface area contributed by atoms with E-state index in [2.05, 4.69) is 81.1 Å². The molecule has 4 aliphatic rings. The van der Waals surface area contributed by atoms with Gasteiger partial charge in [0, 0.05) is 16.1 Å². The second-order valence-electron chi connectivity index (χ2n) is 7.94. The SMILES string of the molecule is Cc1cc(C)c(C2=C3C=CC=CC3C3C4C=CC(C4)C3S2)c(C)c1. The Morgan fingerprint density at radius 3 is 2.46 bits per heavy atom. The Labute approximate surface area is 149 Å². The summed E-state index contributed by atoms with van der Waals surface area (Å²) >= 11 is 2.18. The van der Waals surface area contributed by atoms with Crippen molar-refractivity contribution in [3.63, 3.8) is 0 Å². The van der Waals surface area contributed by atoms with E-state index in [4.69, 9.17) is 0 Å². The Bertz CT molecular complexity index is 813. The van der Waals surface area contributed by atoms with Crippen LogP contribution in [-0.2, 0) is 0 Å². The zero-order valence-electron chi connectivity index (χ0n) is 14.6. The summed E-state index contributed by atoms with van der Waals surface area (Å²) < 4.78 is 0. The molecule has 0 spiro atoms. The van der Waals surface area contributed by atoms with E-state index in [1.54, 1.807) is 10.5 Å². The van der Waals surface area contributed by atoms with Gasteiger partial charge in [-0.05, 0) is 67.2 Å². The van der Waals surface area contributed by atoms with Crippen molar-refractivity contribution in [2.24, 2.45) is 23.7 Å². The van der Waals surface area contributed by atoms with E-state index >= 15 is 0 Å². The van der Waals surface area contributed by atoms with Crippen molar-refractivity contribution in [2.45, 2.75) is 32.4 Å². The molecular formula is C23H24S. The highest BCUT2D eigenvalue weighted by Gasteiger charge is 2.51. The highest BCUT2D eigenvalue weighted by molar-refractivity contribution is 8.09. The average molecular weight is 333 g/mol. The van der Waals surface area contributed by atoms with Crippen LogP contribution in [-0.4, -0.2) is 5.25 Å². The third kappa shape index (κ3) is 2.00. The Hall–Kier alpha value is -1.47. The molecule has 1 aromatic carbocycles. The summed E-state index contributed by atoms with van der Waals surface area (Å²) in [5.74, 6) is 2.99. The van der Waals surface area contributed by atoms with Crippen LogP contribution < -0.4 is 0 Å². The predicted octanol–water partition coefficient (Wildman–Crippen LogP) is 6.00. The molecule has 1 heteroatoms. The Morgan fingerprint density at radius 1 is 0.917 bits per heavy atom. The summed E-state index contributed by atoms with van der Waals surface area (Å²) in [4.78, 5) is 1.55. The summed E-state index contributed by atoms with van der Waals surface area (Å²) in [6.07, 6.45) is 15.7. The van der Waals surface area contributed by atoms with E-state index in [1.807, 2.05) is 0 Å². The second kappa shape index (κ2) is 5.26. The number of benzene rings is 1. The summed E-state index contributed by atoms with van der Waals surface area (Å²) in [7, 11) is 0. The Kier molecular flexibility index (Phi) is 3.25. The fourth-order valence-corrected chi connectivity index (χ4v) is 7.47. The topological polar surface area (TPSA) is 0 Å². The van der Waals surface area contributed by atoms with Gasteiger partial charge >= 0.3 is 0 Å². The maximum atomic E-state index is 2.50. The van der Waals surface area contributed by atoms with Crippen molar-refractivity contribution in [2.75, 3.05) is 0 Å². The lowest BCUT2D eigenvalue weighted by Gasteiger charge is -2.41. The first-order valence-corrected chi connectivity index (χ1v) is 10.0. The highest BCUT2D eigenvalue weighted by atomic mass is 32.2. The Morgan fingerprint density at radius 2 is 1.67 bits per heavy atom. The molecule has 0 aromatic heterocycles. The summed E-state index contributed by atoms with van der Waals surface area (Å²) in [6, 6.07) is 4.70. The van der Waals surface area contributed by atoms with Gasteiger partial charge in [0.1, 0.15) is 0 Å². The lowest BCUT2D eigenvalue weighted by atomic mass is 9.75. The molecule has 1 aromatic rings. The van der Waals surface area contributed by atoms with Gasteiger partial charge < -0.3 is 0 Å². The number of hydrogen-bond acceptors (Lipinski definition) is 1. The standard InChI is InChI=1S/C23H24S/c1-13-10-14(2)20(15(3)11-13)23-19-7-5-4-6-18(19)21-16-8-9-17(12-16)22(21)24-23/h4-11,16-18,21-22H,12H2,1-3H3. The number of fused-ring (bicyclic) bond motifs is 7. The van der Waals surface area contributed by atoms with Gasteiger partial charge in [-0.1, -0.05) is 54.2 Å². The molecule has 24 heavy (non-hydrogen) atoms. The van der Waals surface area contributed by atoms with E-state index in [0.29, 0.717) is 5.92 Å². The molecule has 3 aliphatic carbocycles. The molecule has 0 nitrogen and oxygen atoms in total. The normalized spacial score (nSPS) is 35.5. The minimum absolute atomic E-state index is 0.608. The van der Waals surface area contributed by atoms with Crippen LogP contribution >= 0.6 is 11.8 Å². The van der Waals surface area contributed by atoms with Gasteiger partial charge in [-0.3, -0.25) is 0 Å². The molecule has 0 radical (unpaired) electrons. The van der Waals surface area contributed by atoms with Crippen LogP contribution in [0.25, 0.3) is 4.91 Å². The number of rotatable bonds is 1. The minimum atomic E-state index is 0.608. The maximum absolute atomic E-state index is 2.50. The number of thioether (sulfide) groups is 1. The molecule has 1 aliphatic heterocycles. The summed E-state index contributed by atoms with van der Waals surface area (Å²) in [5, 5.41) is 0.764. The first kappa shape index (κ1) is 14.8. The molecule has 0 N–H and O–H groups in total. The zero-order valence-corrected chi connectivity index (χ0v) is 15.4. The van der Waals surface area contributed by atoms with Crippen LogP contribution in [0.4, 0.5) is 0 Å². The lowest BCUT2D eigenvalue weighted by Crippen LogP contribution is -2.33. The van der Waals surface area contributed by atoms with Crippen molar-refractivity contribution < 1.29 is 0 Å². The van der Waals surface area contributed by atoms with Crippen LogP contribution in [0.15, 0.2) is 54.2 Å². The summed E-state index contributed by atoms with van der Waals surface area (Å²) in [5.41, 5.74) is 7.30. The van der Waals surface area contributed by atoms with E-state index < -0.39 is 0 Å². The molecule has 0 amide bonds. The zero-order chi connectivity index (χ0) is 16.4. The van der Waals surface area contributed by atoms with Crippen LogP contribution in [0.3, 0.4) is 0 Å². The molecule has 5 rings (SSSR count). The molecule has 5 atom stereocenters. The molecule has 1 fully saturated rings. The first-order valence-electron chi connectivity index (χ1n) is 9.16. The van der Waals surface area contributed by atoms with E-state index in [-0.39, 0.29) is 0 Å². The lowest BCUT2D eigenvalue weighted by molar-refractivity contribution is 0.385. The first-order chi connectivity index (χ1) is 11.6. The van der Waals surface area contributed by atoms with Gasteiger partial charge in [-0.15, -0.1) is 11.8 Å². The van der Waals surface area contributed by atoms with Crippen molar-refractivity contribution in [1.29, 1.82) is 0 Å². The third-order valence-corrected chi connectivity index (χ3v) is 7.96. The van der Waals surface area contributed by atoms with Crippen LogP contribution in [0.5, 0.6) is 0 Å². The van der Waals surface area contributed by atoms with Gasteiger partial charge in [0.15, 0.2) is 0 Å². The Balaban J connectivity index is 1.70. The molecular weight excluding hydrogens is 308 g/mol. The largest absolute Gasteiger partial charge is 0.121 e. The quantitative estimate of drug-likeness (QED) is 0.568. The van der Waals surface area contributed by atoms with Gasteiger partial charge in [0.25, 0.3) is 0 Å². The second-order valence-corrected chi connectivity index (χ2v) is 9.12. The van der Waals surface area contributed by atoms with Crippen molar-refractivity contribution in [3.8, 4) is 0 Å². The minimum Gasteiger partial charge on any atom is -0.121 e. The van der Waals surface area contributed by atoms with Gasteiger partial charge in [0.2, 0.25) is 0 Å². The number of allylic oxidation sites excluding steroid dienone is 7. The van der Waals surface area contributed by atoms with Gasteiger partial charge in [-0.25, -0.2) is 0 Å². The fourth-order valence-electron chi connectivity index (χ4n) is 5.52. The van der Waals surface area contributed by atoms with Crippen molar-refractivity contribution in [3.05, 3.63) is 76.4 Å².